The minimum atomic E-state index is 0.207. The number of nitrogens with zero attached hydrogens (tertiary/aromatic N) is 2. The lowest BCUT2D eigenvalue weighted by atomic mass is 9.88. The molecule has 19 heavy (non-hydrogen) atoms. The van der Waals surface area contributed by atoms with Gasteiger partial charge in [-0.25, -0.2) is 0 Å². The summed E-state index contributed by atoms with van der Waals surface area (Å²) in [5, 5.41) is 4.64. The van der Waals surface area contributed by atoms with Gasteiger partial charge in [0.25, 0.3) is 0 Å². The van der Waals surface area contributed by atoms with Crippen molar-refractivity contribution in [3.63, 3.8) is 0 Å². The molecule has 0 unspecified atom stereocenters. The molecule has 0 amide bonds. The molecule has 0 spiro atoms. The summed E-state index contributed by atoms with van der Waals surface area (Å²) in [6.07, 6.45) is 2.82. The first kappa shape index (κ1) is 12.4. The quantitative estimate of drug-likeness (QED) is 0.841. The number of ketones is 1. The summed E-state index contributed by atoms with van der Waals surface area (Å²) in [6.45, 7) is 0. The zero-order chi connectivity index (χ0) is 13.2. The topological polar surface area (TPSA) is 56.0 Å². The van der Waals surface area contributed by atoms with Crippen molar-refractivity contribution in [2.24, 2.45) is 0 Å². The Balaban J connectivity index is 1.81. The van der Waals surface area contributed by atoms with Crippen LogP contribution in [0.2, 0.25) is 5.02 Å². The number of hydrogen-bond acceptors (Lipinski definition) is 4. The number of aromatic nitrogens is 2. The van der Waals surface area contributed by atoms with Crippen molar-refractivity contribution < 1.29 is 9.32 Å². The molecule has 0 aliphatic heterocycles. The average Bonchev–Trinajstić information content (AvgIpc) is 2.89. The van der Waals surface area contributed by atoms with Crippen molar-refractivity contribution in [1.29, 1.82) is 0 Å². The molecule has 1 aliphatic carbocycles. The number of carbonyl (C=O) groups is 1. The first-order valence-corrected chi connectivity index (χ1v) is 6.71. The van der Waals surface area contributed by atoms with Crippen molar-refractivity contribution >= 4 is 17.4 Å². The Morgan fingerprint density at radius 2 is 2.05 bits per heavy atom. The molecular weight excluding hydrogens is 264 g/mol. The molecule has 0 N–H and O–H groups in total. The number of Topliss-reactive ketones (excluding diaryl/α,β-unsaturated/α-hetero) is 1. The molecule has 1 saturated carbocycles. The van der Waals surface area contributed by atoms with Crippen LogP contribution in [0, 0.1) is 0 Å². The van der Waals surface area contributed by atoms with E-state index in [1.165, 1.54) is 0 Å². The van der Waals surface area contributed by atoms with Crippen LogP contribution in [0.4, 0.5) is 0 Å². The number of halogens is 1. The number of rotatable bonds is 2. The van der Waals surface area contributed by atoms with E-state index in [1.807, 2.05) is 12.1 Å². The van der Waals surface area contributed by atoms with E-state index < -0.39 is 0 Å². The van der Waals surface area contributed by atoms with E-state index in [9.17, 15) is 4.79 Å². The van der Waals surface area contributed by atoms with E-state index in [-0.39, 0.29) is 5.92 Å². The lowest BCUT2D eigenvalue weighted by Crippen LogP contribution is -2.12. The molecule has 1 aromatic heterocycles. The smallest absolute Gasteiger partial charge is 0.230 e. The van der Waals surface area contributed by atoms with Crippen LogP contribution in [0.3, 0.4) is 0 Å². The Bertz CT molecular complexity index is 599. The Labute approximate surface area is 115 Å². The zero-order valence-electron chi connectivity index (χ0n) is 10.3. The highest BCUT2D eigenvalue weighted by Crippen LogP contribution is 2.31. The summed E-state index contributed by atoms with van der Waals surface area (Å²) in [7, 11) is 0. The van der Waals surface area contributed by atoms with Crippen LogP contribution in [-0.4, -0.2) is 15.9 Å². The number of carbonyl (C=O) groups excluding carboxylic acids is 1. The van der Waals surface area contributed by atoms with Crippen LogP contribution >= 0.6 is 11.6 Å². The van der Waals surface area contributed by atoms with Crippen LogP contribution in [0.1, 0.15) is 37.5 Å². The van der Waals surface area contributed by atoms with Crippen LogP contribution < -0.4 is 0 Å². The van der Waals surface area contributed by atoms with Crippen LogP contribution in [-0.2, 0) is 4.79 Å². The van der Waals surface area contributed by atoms with Crippen LogP contribution in [0.5, 0.6) is 0 Å². The van der Waals surface area contributed by atoms with Crippen molar-refractivity contribution in [2.45, 2.75) is 31.6 Å². The molecule has 0 saturated heterocycles. The van der Waals surface area contributed by atoms with Crippen LogP contribution in [0.15, 0.2) is 28.8 Å². The summed E-state index contributed by atoms with van der Waals surface area (Å²) in [5.74, 6) is 1.71. The summed E-state index contributed by atoms with van der Waals surface area (Å²) in [4.78, 5) is 15.6. The molecular formula is C14H13ClN2O2. The molecule has 98 valence electrons. The fourth-order valence-corrected chi connectivity index (χ4v) is 2.52. The van der Waals surface area contributed by atoms with E-state index in [1.54, 1.807) is 12.1 Å². The second-order valence-corrected chi connectivity index (χ2v) is 5.22. The van der Waals surface area contributed by atoms with Crippen molar-refractivity contribution in [3.05, 3.63) is 35.2 Å². The average molecular weight is 277 g/mol. The van der Waals surface area contributed by atoms with Gasteiger partial charge >= 0.3 is 0 Å². The van der Waals surface area contributed by atoms with Gasteiger partial charge in [-0.2, -0.15) is 4.98 Å². The fraction of sp³-hybridized carbons (Fsp3) is 0.357. The molecule has 1 fully saturated rings. The molecule has 0 bridgehead atoms. The monoisotopic (exact) mass is 276 g/mol. The normalized spacial score (nSPS) is 16.8. The minimum absolute atomic E-state index is 0.207. The Morgan fingerprint density at radius 3 is 2.79 bits per heavy atom. The third kappa shape index (κ3) is 2.68. The Hall–Kier alpha value is -1.68. The Morgan fingerprint density at radius 1 is 1.26 bits per heavy atom. The van der Waals surface area contributed by atoms with E-state index in [4.69, 9.17) is 16.1 Å². The van der Waals surface area contributed by atoms with Gasteiger partial charge in [0.15, 0.2) is 0 Å². The van der Waals surface area contributed by atoms with Crippen molar-refractivity contribution in [3.8, 4) is 11.4 Å². The summed E-state index contributed by atoms with van der Waals surface area (Å²) in [6, 6.07) is 7.36. The fourth-order valence-electron chi connectivity index (χ4n) is 2.33. The first-order valence-electron chi connectivity index (χ1n) is 6.33. The van der Waals surface area contributed by atoms with Gasteiger partial charge < -0.3 is 4.52 Å². The molecule has 1 heterocycles. The van der Waals surface area contributed by atoms with Gasteiger partial charge in [0.2, 0.25) is 11.7 Å². The standard InChI is InChI=1S/C14H13ClN2O2/c15-11-3-1-2-10(8-11)13-16-14(19-17-13)9-4-6-12(18)7-5-9/h1-3,8-9H,4-7H2. The molecule has 0 atom stereocenters. The van der Waals surface area contributed by atoms with Gasteiger partial charge in [-0.15, -0.1) is 0 Å². The predicted octanol–water partition coefficient (Wildman–Crippen LogP) is 3.62. The van der Waals surface area contributed by atoms with Gasteiger partial charge in [-0.3, -0.25) is 4.79 Å². The molecule has 1 aromatic carbocycles. The summed E-state index contributed by atoms with van der Waals surface area (Å²) in [5.41, 5.74) is 0.842. The second kappa shape index (κ2) is 5.13. The second-order valence-electron chi connectivity index (χ2n) is 4.78. The molecule has 2 aromatic rings. The highest BCUT2D eigenvalue weighted by atomic mass is 35.5. The van der Waals surface area contributed by atoms with Gasteiger partial charge in [-0.05, 0) is 25.0 Å². The molecule has 0 radical (unpaired) electrons. The molecule has 1 aliphatic rings. The lowest BCUT2D eigenvalue weighted by molar-refractivity contribution is -0.120. The van der Waals surface area contributed by atoms with Gasteiger partial charge in [0, 0.05) is 29.3 Å². The van der Waals surface area contributed by atoms with Gasteiger partial charge in [-0.1, -0.05) is 28.9 Å². The largest absolute Gasteiger partial charge is 0.339 e. The van der Waals surface area contributed by atoms with E-state index >= 15 is 0 Å². The van der Waals surface area contributed by atoms with Gasteiger partial charge in [0.1, 0.15) is 5.78 Å². The van der Waals surface area contributed by atoms with Crippen LogP contribution in [0.25, 0.3) is 11.4 Å². The highest BCUT2D eigenvalue weighted by molar-refractivity contribution is 6.30. The van der Waals surface area contributed by atoms with Crippen molar-refractivity contribution in [2.75, 3.05) is 0 Å². The zero-order valence-corrected chi connectivity index (χ0v) is 11.1. The first-order chi connectivity index (χ1) is 9.22. The maximum Gasteiger partial charge on any atom is 0.230 e. The lowest BCUT2D eigenvalue weighted by Gasteiger charge is -2.16. The molecule has 5 heteroatoms. The third-order valence-electron chi connectivity index (χ3n) is 3.42. The highest BCUT2D eigenvalue weighted by Gasteiger charge is 2.25. The van der Waals surface area contributed by atoms with E-state index in [0.717, 1.165) is 18.4 Å². The summed E-state index contributed by atoms with van der Waals surface area (Å²) < 4.78 is 5.32. The third-order valence-corrected chi connectivity index (χ3v) is 3.65. The number of hydrogen-bond donors (Lipinski definition) is 0. The Kier molecular flexibility index (Phi) is 3.34. The molecule has 4 nitrogen and oxygen atoms in total. The maximum atomic E-state index is 11.2. The van der Waals surface area contributed by atoms with E-state index in [0.29, 0.717) is 35.4 Å². The SMILES string of the molecule is O=C1CCC(c2nc(-c3cccc(Cl)c3)no2)CC1. The van der Waals surface area contributed by atoms with E-state index in [2.05, 4.69) is 10.1 Å². The predicted molar refractivity (Wildman–Crippen MR) is 71.0 cm³/mol. The minimum Gasteiger partial charge on any atom is -0.339 e. The summed E-state index contributed by atoms with van der Waals surface area (Å²) >= 11 is 5.94. The number of benzene rings is 1. The van der Waals surface area contributed by atoms with Crippen molar-refractivity contribution in [1.82, 2.24) is 10.1 Å². The maximum absolute atomic E-state index is 11.2. The molecule has 3 rings (SSSR count). The van der Waals surface area contributed by atoms with Gasteiger partial charge in [0.05, 0.1) is 0 Å².